The van der Waals surface area contributed by atoms with E-state index in [-0.39, 0.29) is 104 Å². The molecule has 0 aliphatic heterocycles. The molecule has 75 heavy (non-hydrogen) atoms. The number of amides is 1. The van der Waals surface area contributed by atoms with E-state index in [0.29, 0.717) is 57.6 Å². The SMILES string of the molecule is CCOc1cccc(N=C([O-])c2cc3ccccc3c(N=Nc3cc(Cl)c(C)c(S(=O)(=O)O)c3)c2[O-])c1.CCOc1cccc(NC(=O)c2cc3ccccc3c(N=Nc3cc(Cl)c(C)c(S(=O)(=O)O)c3)c2O)c1.[Ba+2]. The van der Waals surface area contributed by atoms with E-state index in [2.05, 4.69) is 30.8 Å². The molecular weight excluding hydrogens is 1170 g/mol. The fraction of sp³-hybridized carbons (Fsp3) is 0.115. The van der Waals surface area contributed by atoms with Crippen molar-refractivity contribution in [3.05, 3.63) is 166 Å². The van der Waals surface area contributed by atoms with Crippen LogP contribution < -0.4 is 25.0 Å². The van der Waals surface area contributed by atoms with Crippen LogP contribution in [0.2, 0.25) is 10.0 Å². The van der Waals surface area contributed by atoms with Crippen LogP contribution in [0.25, 0.3) is 21.5 Å². The van der Waals surface area contributed by atoms with Crippen molar-refractivity contribution in [2.24, 2.45) is 25.4 Å². The summed E-state index contributed by atoms with van der Waals surface area (Å²) in [5, 5.41) is 58.5. The third-order valence-corrected chi connectivity index (χ3v) is 13.6. The Kier molecular flexibility index (Phi) is 19.3. The van der Waals surface area contributed by atoms with E-state index in [4.69, 9.17) is 32.7 Å². The van der Waals surface area contributed by atoms with Gasteiger partial charge in [-0.2, -0.15) is 32.2 Å². The molecule has 8 aromatic rings. The minimum absolute atomic E-state index is 0. The number of phenolic OH excluding ortho intramolecular Hbond substituents is 1. The van der Waals surface area contributed by atoms with E-state index >= 15 is 0 Å². The fourth-order valence-corrected chi connectivity index (χ4v) is 9.39. The number of ether oxygens (including phenoxy) is 2. The molecular formula is C52H42BaCl2N6O12S2. The minimum Gasteiger partial charge on any atom is -0.871 e. The topological polar surface area (TPSA) is 284 Å². The van der Waals surface area contributed by atoms with Crippen molar-refractivity contribution in [3.63, 3.8) is 0 Å². The first kappa shape index (κ1) is 57.9. The number of hydrogen-bond donors (Lipinski definition) is 4. The second kappa shape index (κ2) is 25.0. The number of nitrogens with one attached hydrogen (secondary N) is 1. The number of aliphatic imine (C=N–C) groups is 1. The van der Waals surface area contributed by atoms with Crippen LogP contribution in [0.5, 0.6) is 23.0 Å². The smallest absolute Gasteiger partial charge is 0.871 e. The van der Waals surface area contributed by atoms with Crippen molar-refractivity contribution >= 4 is 160 Å². The van der Waals surface area contributed by atoms with Gasteiger partial charge in [0.2, 0.25) is 0 Å². The monoisotopic (exact) mass is 1210 g/mol. The third-order valence-electron chi connectivity index (χ3n) is 10.9. The maximum Gasteiger partial charge on any atom is 2.00 e. The zero-order valence-electron chi connectivity index (χ0n) is 40.1. The van der Waals surface area contributed by atoms with Crippen molar-refractivity contribution in [2.75, 3.05) is 18.5 Å². The van der Waals surface area contributed by atoms with Gasteiger partial charge in [-0.1, -0.05) is 89.6 Å². The number of aromatic hydroxyl groups is 1. The second-order valence-electron chi connectivity index (χ2n) is 15.9. The van der Waals surface area contributed by atoms with E-state index in [1.807, 2.05) is 13.8 Å². The van der Waals surface area contributed by atoms with Gasteiger partial charge in [-0.3, -0.25) is 18.9 Å². The molecule has 0 aliphatic carbocycles. The van der Waals surface area contributed by atoms with E-state index in [1.54, 1.807) is 97.1 Å². The number of carbonyl (C=O) groups excluding carboxylic acids is 1. The Morgan fingerprint density at radius 2 is 1.09 bits per heavy atom. The standard InChI is InChI=1S/2C26H22ClN3O6S.Ba/c2*1-3-36-19-9-6-8-17(12-19)28-26(32)21-11-16-7-4-5-10-20(16)24(25(21)31)30-29-18-13-22(27)15(2)23(14-18)37(33,34)35;/h2*4-14,31H,3H2,1-2H3,(H,28,32)(H,33,34,35);/q;;+2/p-2. The number of phenols is 1. The van der Waals surface area contributed by atoms with Gasteiger partial charge in [0.1, 0.15) is 27.0 Å². The molecule has 0 spiro atoms. The van der Waals surface area contributed by atoms with Crippen LogP contribution in [-0.4, -0.2) is 105 Å². The van der Waals surface area contributed by atoms with Gasteiger partial charge >= 0.3 is 48.9 Å². The first-order valence-electron chi connectivity index (χ1n) is 22.1. The Morgan fingerprint density at radius 1 is 0.613 bits per heavy atom. The number of azo groups is 2. The maximum absolute atomic E-state index is 13.3. The Bertz CT molecular complexity index is 3830. The van der Waals surface area contributed by atoms with Crippen LogP contribution in [0, 0.1) is 13.8 Å². The van der Waals surface area contributed by atoms with Crippen LogP contribution in [-0.2, 0) is 20.2 Å². The largest absolute Gasteiger partial charge is 2.00 e. The summed E-state index contributed by atoms with van der Waals surface area (Å²) in [6.45, 7) is 7.46. The number of rotatable bonds is 14. The molecule has 23 heteroatoms. The molecule has 0 aromatic heterocycles. The fourth-order valence-electron chi connectivity index (χ4n) is 7.32. The summed E-state index contributed by atoms with van der Waals surface area (Å²) in [5.74, 6) is -1.36. The molecule has 0 saturated carbocycles. The summed E-state index contributed by atoms with van der Waals surface area (Å²) in [7, 11) is -9.13. The van der Waals surface area contributed by atoms with Crippen molar-refractivity contribution in [3.8, 4) is 23.0 Å². The van der Waals surface area contributed by atoms with Gasteiger partial charge in [0, 0.05) is 38.6 Å². The number of hydrogen-bond acceptors (Lipinski definition) is 15. The first-order chi connectivity index (χ1) is 35.2. The van der Waals surface area contributed by atoms with Crippen LogP contribution in [0.15, 0.2) is 169 Å². The van der Waals surface area contributed by atoms with Crippen LogP contribution in [0.3, 0.4) is 0 Å². The van der Waals surface area contributed by atoms with Gasteiger partial charge in [-0.25, -0.2) is 0 Å². The van der Waals surface area contributed by atoms with Crippen LogP contribution >= 0.6 is 23.2 Å². The summed E-state index contributed by atoms with van der Waals surface area (Å²) in [6.07, 6.45) is 0. The van der Waals surface area contributed by atoms with E-state index in [1.165, 1.54) is 38.1 Å². The summed E-state index contributed by atoms with van der Waals surface area (Å²) in [5.41, 5.74) is 0.697. The van der Waals surface area contributed by atoms with Gasteiger partial charge in [0.25, 0.3) is 26.1 Å². The second-order valence-corrected chi connectivity index (χ2v) is 19.5. The predicted octanol–water partition coefficient (Wildman–Crippen LogP) is 11.8. The van der Waals surface area contributed by atoms with Crippen molar-refractivity contribution in [1.82, 2.24) is 0 Å². The minimum atomic E-state index is -4.57. The number of anilines is 1. The molecule has 0 bridgehead atoms. The van der Waals surface area contributed by atoms with Gasteiger partial charge < -0.3 is 30.1 Å². The van der Waals surface area contributed by atoms with E-state index in [0.717, 1.165) is 12.1 Å². The molecule has 4 N–H and O–H groups in total. The number of carbonyl (C=O) groups is 1. The normalized spacial score (nSPS) is 11.9. The summed E-state index contributed by atoms with van der Waals surface area (Å²) in [6, 6.07) is 35.1. The molecule has 0 fully saturated rings. The Labute approximate surface area is 481 Å². The van der Waals surface area contributed by atoms with Gasteiger partial charge in [-0.05, 0) is 122 Å². The average molecular weight is 1220 g/mol. The summed E-state index contributed by atoms with van der Waals surface area (Å²) in [4.78, 5) is 16.3. The van der Waals surface area contributed by atoms with Crippen molar-refractivity contribution in [2.45, 2.75) is 37.5 Å². The van der Waals surface area contributed by atoms with Crippen molar-refractivity contribution in [1.29, 1.82) is 0 Å². The Balaban J connectivity index is 0.000000241. The Hall–Kier alpha value is -6.41. The number of benzene rings is 8. The molecule has 0 unspecified atom stereocenters. The van der Waals surface area contributed by atoms with Gasteiger partial charge in [-0.15, -0.1) is 5.11 Å². The molecule has 8 rings (SSSR count). The maximum atomic E-state index is 13.3. The van der Waals surface area contributed by atoms with Crippen LogP contribution in [0.4, 0.5) is 34.1 Å². The molecule has 0 radical (unpaired) electrons. The van der Waals surface area contributed by atoms with E-state index < -0.39 is 53.3 Å². The number of halogens is 2. The predicted molar refractivity (Wildman–Crippen MR) is 284 cm³/mol. The third kappa shape index (κ3) is 14.1. The van der Waals surface area contributed by atoms with Gasteiger partial charge in [0.05, 0.1) is 41.5 Å². The quantitative estimate of drug-likeness (QED) is 0.0260. The molecule has 0 atom stereocenters. The zero-order chi connectivity index (χ0) is 53.5. The molecule has 8 aromatic carbocycles. The molecule has 0 aliphatic rings. The van der Waals surface area contributed by atoms with E-state index in [9.17, 15) is 46.1 Å². The summed E-state index contributed by atoms with van der Waals surface area (Å²) < 4.78 is 76.7. The molecule has 18 nitrogen and oxygen atoms in total. The zero-order valence-corrected chi connectivity index (χ0v) is 47.7. The van der Waals surface area contributed by atoms with Crippen molar-refractivity contribution < 1.29 is 55.5 Å². The average Bonchev–Trinajstić information content (AvgIpc) is 3.35. The number of nitrogens with zero attached hydrogens (tertiary/aromatic N) is 5. The number of fused-ring (bicyclic) bond motifs is 2. The summed E-state index contributed by atoms with van der Waals surface area (Å²) >= 11 is 12.2. The molecule has 1 amide bonds. The van der Waals surface area contributed by atoms with Crippen LogP contribution in [0.1, 0.15) is 40.9 Å². The Morgan fingerprint density at radius 3 is 1.63 bits per heavy atom. The molecule has 0 heterocycles. The van der Waals surface area contributed by atoms with Gasteiger partial charge in [0.15, 0.2) is 5.75 Å². The first-order valence-corrected chi connectivity index (χ1v) is 25.7. The molecule has 0 saturated heterocycles. The molecule has 380 valence electrons.